The van der Waals surface area contributed by atoms with E-state index in [9.17, 15) is 20.0 Å². The molecule has 0 fully saturated rings. The minimum Gasteiger partial charge on any atom is -0.388 e. The van der Waals surface area contributed by atoms with Crippen LogP contribution in [0.15, 0.2) is 18.2 Å². The lowest BCUT2D eigenvalue weighted by atomic mass is 9.85. The van der Waals surface area contributed by atoms with Crippen molar-refractivity contribution < 1.29 is 14.8 Å². The fourth-order valence-electron chi connectivity index (χ4n) is 1.60. The van der Waals surface area contributed by atoms with Crippen LogP contribution in [-0.2, 0) is 0 Å². The first-order chi connectivity index (χ1) is 8.97. The molecule has 0 radical (unpaired) electrons. The molecule has 0 aliphatic carbocycles. The van der Waals surface area contributed by atoms with Gasteiger partial charge in [0.1, 0.15) is 5.56 Å². The summed E-state index contributed by atoms with van der Waals surface area (Å²) in [5.41, 5.74) is -1.80. The van der Waals surface area contributed by atoms with Crippen molar-refractivity contribution in [2.24, 2.45) is 0 Å². The number of aliphatic hydroxyl groups is 1. The Bertz CT molecular complexity index is 545. The summed E-state index contributed by atoms with van der Waals surface area (Å²) in [5.74, 6) is -0.568. The SMILES string of the molecule is Cc1cccc([N+](=O)[O-])c1C(=O)NC(C)(C)C(C)(C)O. The molecule has 0 heterocycles. The first kappa shape index (κ1) is 16.1. The molecule has 0 saturated heterocycles. The van der Waals surface area contributed by atoms with Crippen LogP contribution in [0.2, 0.25) is 0 Å². The van der Waals surface area contributed by atoms with Crippen molar-refractivity contribution in [2.45, 2.75) is 45.8 Å². The van der Waals surface area contributed by atoms with Crippen LogP contribution in [0.4, 0.5) is 5.69 Å². The fourth-order valence-corrected chi connectivity index (χ4v) is 1.60. The molecule has 0 aliphatic rings. The monoisotopic (exact) mass is 280 g/mol. The second-order valence-corrected chi connectivity index (χ2v) is 5.86. The molecular formula is C14H20N2O4. The molecule has 0 aliphatic heterocycles. The largest absolute Gasteiger partial charge is 0.388 e. The fraction of sp³-hybridized carbons (Fsp3) is 0.500. The highest BCUT2D eigenvalue weighted by molar-refractivity contribution is 6.00. The standard InChI is InChI=1S/C14H20N2O4/c1-9-7-6-8-10(16(19)20)11(9)12(17)15-13(2,3)14(4,5)18/h6-8,18H,1-5H3,(H,15,17). The molecular weight excluding hydrogens is 260 g/mol. The first-order valence-corrected chi connectivity index (χ1v) is 6.26. The molecule has 6 heteroatoms. The van der Waals surface area contributed by atoms with E-state index in [1.165, 1.54) is 12.1 Å². The highest BCUT2D eigenvalue weighted by atomic mass is 16.6. The zero-order valence-corrected chi connectivity index (χ0v) is 12.4. The molecule has 0 spiro atoms. The molecule has 2 N–H and O–H groups in total. The first-order valence-electron chi connectivity index (χ1n) is 6.26. The van der Waals surface area contributed by atoms with Gasteiger partial charge in [-0.15, -0.1) is 0 Å². The number of hydrogen-bond acceptors (Lipinski definition) is 4. The quantitative estimate of drug-likeness (QED) is 0.653. The van der Waals surface area contributed by atoms with Gasteiger partial charge in [0.2, 0.25) is 0 Å². The van der Waals surface area contributed by atoms with Crippen molar-refractivity contribution in [2.75, 3.05) is 0 Å². The molecule has 0 bridgehead atoms. The normalized spacial score (nSPS) is 12.1. The van der Waals surface area contributed by atoms with Gasteiger partial charge < -0.3 is 10.4 Å². The maximum absolute atomic E-state index is 12.3. The number of amides is 1. The van der Waals surface area contributed by atoms with Crippen LogP contribution in [0.3, 0.4) is 0 Å². The number of carbonyl (C=O) groups excluding carboxylic acids is 1. The smallest absolute Gasteiger partial charge is 0.282 e. The van der Waals surface area contributed by atoms with Gasteiger partial charge in [-0.2, -0.15) is 0 Å². The highest BCUT2D eigenvalue weighted by Gasteiger charge is 2.37. The number of hydrogen-bond donors (Lipinski definition) is 2. The molecule has 1 rings (SSSR count). The Morgan fingerprint density at radius 3 is 2.30 bits per heavy atom. The molecule has 1 amide bonds. The van der Waals surface area contributed by atoms with Crippen molar-refractivity contribution in [1.82, 2.24) is 5.32 Å². The summed E-state index contributed by atoms with van der Waals surface area (Å²) in [6.45, 7) is 8.10. The zero-order chi connectivity index (χ0) is 15.7. The van der Waals surface area contributed by atoms with Crippen molar-refractivity contribution in [3.05, 3.63) is 39.4 Å². The zero-order valence-electron chi connectivity index (χ0n) is 12.4. The van der Waals surface area contributed by atoms with E-state index < -0.39 is 22.0 Å². The summed E-state index contributed by atoms with van der Waals surface area (Å²) in [5, 5.41) is 23.7. The molecule has 0 unspecified atom stereocenters. The van der Waals surface area contributed by atoms with E-state index in [0.717, 1.165) is 0 Å². The topological polar surface area (TPSA) is 92.5 Å². The van der Waals surface area contributed by atoms with Crippen LogP contribution >= 0.6 is 0 Å². The Morgan fingerprint density at radius 2 is 1.85 bits per heavy atom. The number of carbonyl (C=O) groups is 1. The predicted molar refractivity (Wildman–Crippen MR) is 75.7 cm³/mol. The predicted octanol–water partition coefficient (Wildman–Crippen LogP) is 2.18. The molecule has 110 valence electrons. The summed E-state index contributed by atoms with van der Waals surface area (Å²) >= 11 is 0. The van der Waals surface area contributed by atoms with E-state index in [1.54, 1.807) is 40.7 Å². The third-order valence-electron chi connectivity index (χ3n) is 3.63. The Balaban J connectivity index is 3.21. The second-order valence-electron chi connectivity index (χ2n) is 5.86. The van der Waals surface area contributed by atoms with Crippen LogP contribution in [0.5, 0.6) is 0 Å². The van der Waals surface area contributed by atoms with E-state index in [0.29, 0.717) is 5.56 Å². The lowest BCUT2D eigenvalue weighted by Gasteiger charge is -2.38. The van der Waals surface area contributed by atoms with Gasteiger partial charge in [0.05, 0.1) is 16.1 Å². The summed E-state index contributed by atoms with van der Waals surface area (Å²) in [7, 11) is 0. The van der Waals surface area contributed by atoms with E-state index in [4.69, 9.17) is 0 Å². The maximum Gasteiger partial charge on any atom is 0.282 e. The highest BCUT2D eigenvalue weighted by Crippen LogP contribution is 2.25. The van der Waals surface area contributed by atoms with Gasteiger partial charge in [0, 0.05) is 6.07 Å². The van der Waals surface area contributed by atoms with Crippen LogP contribution < -0.4 is 5.32 Å². The number of benzene rings is 1. The summed E-state index contributed by atoms with van der Waals surface area (Å²) in [6.07, 6.45) is 0. The Labute approximate surface area is 118 Å². The summed E-state index contributed by atoms with van der Waals surface area (Å²) in [6, 6.07) is 4.46. The van der Waals surface area contributed by atoms with Crippen molar-refractivity contribution in [3.8, 4) is 0 Å². The van der Waals surface area contributed by atoms with Crippen LogP contribution in [0.25, 0.3) is 0 Å². The van der Waals surface area contributed by atoms with Crippen LogP contribution in [0, 0.1) is 17.0 Å². The van der Waals surface area contributed by atoms with Crippen molar-refractivity contribution in [3.63, 3.8) is 0 Å². The number of nitro groups is 1. The molecule has 0 atom stereocenters. The number of rotatable bonds is 4. The number of aryl methyl sites for hydroxylation is 1. The average Bonchev–Trinajstić information content (AvgIpc) is 2.25. The Hall–Kier alpha value is -1.95. The minimum atomic E-state index is -1.17. The molecule has 0 aromatic heterocycles. The van der Waals surface area contributed by atoms with Crippen molar-refractivity contribution in [1.29, 1.82) is 0 Å². The van der Waals surface area contributed by atoms with E-state index in [-0.39, 0.29) is 11.3 Å². The summed E-state index contributed by atoms with van der Waals surface area (Å²) < 4.78 is 0. The third kappa shape index (κ3) is 3.14. The molecule has 0 saturated carbocycles. The van der Waals surface area contributed by atoms with Gasteiger partial charge in [-0.25, -0.2) is 0 Å². The average molecular weight is 280 g/mol. The third-order valence-corrected chi connectivity index (χ3v) is 3.63. The minimum absolute atomic E-state index is 0.0230. The Morgan fingerprint density at radius 1 is 1.30 bits per heavy atom. The summed E-state index contributed by atoms with van der Waals surface area (Å²) in [4.78, 5) is 22.8. The molecule has 20 heavy (non-hydrogen) atoms. The maximum atomic E-state index is 12.3. The number of nitrogens with one attached hydrogen (secondary N) is 1. The van der Waals surface area contributed by atoms with Gasteiger partial charge in [-0.05, 0) is 40.2 Å². The second kappa shape index (κ2) is 5.20. The van der Waals surface area contributed by atoms with Gasteiger partial charge in [-0.3, -0.25) is 14.9 Å². The lowest BCUT2D eigenvalue weighted by molar-refractivity contribution is -0.385. The van der Waals surface area contributed by atoms with Crippen LogP contribution in [0.1, 0.15) is 43.6 Å². The number of nitrogens with zero attached hydrogens (tertiary/aromatic N) is 1. The van der Waals surface area contributed by atoms with Crippen molar-refractivity contribution >= 4 is 11.6 Å². The van der Waals surface area contributed by atoms with E-state index >= 15 is 0 Å². The van der Waals surface area contributed by atoms with Gasteiger partial charge in [0.15, 0.2) is 0 Å². The molecule has 1 aromatic rings. The van der Waals surface area contributed by atoms with Crippen LogP contribution in [-0.4, -0.2) is 27.1 Å². The van der Waals surface area contributed by atoms with Gasteiger partial charge in [0.25, 0.3) is 11.6 Å². The molecule has 1 aromatic carbocycles. The lowest BCUT2D eigenvalue weighted by Crippen LogP contribution is -2.57. The van der Waals surface area contributed by atoms with E-state index in [2.05, 4.69) is 5.32 Å². The molecule has 6 nitrogen and oxygen atoms in total. The van der Waals surface area contributed by atoms with Gasteiger partial charge >= 0.3 is 0 Å². The Kier molecular flexibility index (Phi) is 4.19. The number of nitro benzene ring substituents is 1. The van der Waals surface area contributed by atoms with Gasteiger partial charge in [-0.1, -0.05) is 12.1 Å². The van der Waals surface area contributed by atoms with E-state index in [1.807, 2.05) is 0 Å².